The molecule has 5 rings (SSSR count). The number of fused-ring (bicyclic) bond motifs is 4. The number of thiophene rings is 1. The molecule has 0 atom stereocenters. The largest absolute Gasteiger partial charge is 0.464 e. The fraction of sp³-hybridized carbons (Fsp3) is 0.188. The first-order chi connectivity index (χ1) is 11.2. The average Bonchev–Trinajstić information content (AvgIpc) is 3.24. The highest BCUT2D eigenvalue weighted by Crippen LogP contribution is 2.42. The molecule has 2 N–H and O–H groups in total. The lowest BCUT2D eigenvalue weighted by Crippen LogP contribution is -2.20. The van der Waals surface area contributed by atoms with Gasteiger partial charge in [-0.25, -0.2) is 9.78 Å². The van der Waals surface area contributed by atoms with Crippen LogP contribution < -0.4 is 11.2 Å². The van der Waals surface area contributed by atoms with Crippen LogP contribution in [0.1, 0.15) is 17.7 Å². The van der Waals surface area contributed by atoms with Crippen molar-refractivity contribution >= 4 is 31.8 Å². The summed E-state index contributed by atoms with van der Waals surface area (Å²) in [5.41, 5.74) is 2.85. The third-order valence-electron chi connectivity index (χ3n) is 4.31. The first-order valence-electron chi connectivity index (χ1n) is 7.37. The van der Waals surface area contributed by atoms with Gasteiger partial charge in [-0.3, -0.25) is 9.78 Å². The third-order valence-corrected chi connectivity index (χ3v) is 5.39. The van der Waals surface area contributed by atoms with Crippen LogP contribution in [-0.4, -0.2) is 15.0 Å². The van der Waals surface area contributed by atoms with Crippen molar-refractivity contribution in [3.63, 3.8) is 0 Å². The van der Waals surface area contributed by atoms with Crippen molar-refractivity contribution in [1.29, 1.82) is 0 Å². The number of furan rings is 1. The number of nitrogens with one attached hydrogen (secondary N) is 2. The molecule has 0 amide bonds. The quantitative estimate of drug-likeness (QED) is 0.562. The lowest BCUT2D eigenvalue weighted by molar-refractivity contribution is 0.582. The molecular formula is C16H11N3O3S. The molecule has 23 heavy (non-hydrogen) atoms. The predicted molar refractivity (Wildman–Crippen MR) is 88.1 cm³/mol. The molecule has 4 aromatic heterocycles. The number of aromatic amines is 2. The molecule has 4 heterocycles. The SMILES string of the molecule is O=c1[nH]c(=O)c2sc3nc4c(c(-c5ccco5)c3c2[nH]1)CCC4. The smallest absolute Gasteiger partial charge is 0.326 e. The van der Waals surface area contributed by atoms with Crippen LogP contribution in [0.25, 0.3) is 31.8 Å². The van der Waals surface area contributed by atoms with Gasteiger partial charge in [0.25, 0.3) is 5.56 Å². The number of aryl methyl sites for hydroxylation is 1. The van der Waals surface area contributed by atoms with Crippen molar-refractivity contribution in [2.24, 2.45) is 0 Å². The maximum atomic E-state index is 12.1. The van der Waals surface area contributed by atoms with Crippen LogP contribution >= 0.6 is 11.3 Å². The van der Waals surface area contributed by atoms with Gasteiger partial charge < -0.3 is 9.40 Å². The second kappa shape index (κ2) is 4.42. The third kappa shape index (κ3) is 1.71. The molecule has 0 bridgehead atoms. The average molecular weight is 325 g/mol. The second-order valence-electron chi connectivity index (χ2n) is 5.64. The molecule has 4 aromatic rings. The highest BCUT2D eigenvalue weighted by atomic mass is 32.1. The van der Waals surface area contributed by atoms with Crippen LogP contribution in [0.4, 0.5) is 0 Å². The van der Waals surface area contributed by atoms with Crippen LogP contribution in [-0.2, 0) is 12.8 Å². The Hall–Kier alpha value is -2.67. The maximum Gasteiger partial charge on any atom is 0.326 e. The molecule has 0 aromatic carbocycles. The van der Waals surface area contributed by atoms with Crippen molar-refractivity contribution in [3.8, 4) is 11.3 Å². The zero-order valence-corrected chi connectivity index (χ0v) is 12.8. The van der Waals surface area contributed by atoms with Crippen LogP contribution in [0, 0.1) is 0 Å². The van der Waals surface area contributed by atoms with Gasteiger partial charge in [-0.2, -0.15) is 0 Å². The van der Waals surface area contributed by atoms with Gasteiger partial charge in [-0.15, -0.1) is 11.3 Å². The van der Waals surface area contributed by atoms with Gasteiger partial charge in [0.15, 0.2) is 0 Å². The second-order valence-corrected chi connectivity index (χ2v) is 6.64. The number of nitrogens with zero attached hydrogens (tertiary/aromatic N) is 1. The van der Waals surface area contributed by atoms with E-state index < -0.39 is 5.69 Å². The van der Waals surface area contributed by atoms with Gasteiger partial charge >= 0.3 is 5.69 Å². The summed E-state index contributed by atoms with van der Waals surface area (Å²) in [6.07, 6.45) is 4.55. The summed E-state index contributed by atoms with van der Waals surface area (Å²) >= 11 is 1.31. The van der Waals surface area contributed by atoms with E-state index in [-0.39, 0.29) is 5.56 Å². The van der Waals surface area contributed by atoms with Crippen molar-refractivity contribution in [1.82, 2.24) is 15.0 Å². The highest BCUT2D eigenvalue weighted by Gasteiger charge is 2.25. The fourth-order valence-corrected chi connectivity index (χ4v) is 4.45. The van der Waals surface area contributed by atoms with Crippen LogP contribution in [0.15, 0.2) is 32.4 Å². The topological polar surface area (TPSA) is 91.8 Å². The molecular weight excluding hydrogens is 314 g/mol. The van der Waals surface area contributed by atoms with Crippen molar-refractivity contribution in [2.45, 2.75) is 19.3 Å². The molecule has 1 aliphatic carbocycles. The highest BCUT2D eigenvalue weighted by molar-refractivity contribution is 7.25. The normalized spacial score (nSPS) is 13.9. The van der Waals surface area contributed by atoms with Gasteiger partial charge in [-0.05, 0) is 37.0 Å². The number of hydrogen-bond donors (Lipinski definition) is 2. The van der Waals surface area contributed by atoms with Crippen LogP contribution in [0.5, 0.6) is 0 Å². The molecule has 6 nitrogen and oxygen atoms in total. The Labute approximate surface area is 132 Å². The summed E-state index contributed by atoms with van der Waals surface area (Å²) in [5, 5.41) is 0.809. The molecule has 1 aliphatic rings. The first kappa shape index (κ1) is 12.8. The van der Waals surface area contributed by atoms with E-state index in [1.54, 1.807) is 6.26 Å². The van der Waals surface area contributed by atoms with E-state index in [9.17, 15) is 9.59 Å². The Morgan fingerprint density at radius 2 is 2.13 bits per heavy atom. The van der Waals surface area contributed by atoms with E-state index in [0.717, 1.165) is 52.1 Å². The van der Waals surface area contributed by atoms with E-state index >= 15 is 0 Å². The van der Waals surface area contributed by atoms with Crippen LogP contribution in [0.2, 0.25) is 0 Å². The zero-order chi connectivity index (χ0) is 15.6. The van der Waals surface area contributed by atoms with Crippen LogP contribution in [0.3, 0.4) is 0 Å². The molecule has 0 spiro atoms. The van der Waals surface area contributed by atoms with Crippen molar-refractivity contribution in [2.75, 3.05) is 0 Å². The Bertz CT molecular complexity index is 1180. The summed E-state index contributed by atoms with van der Waals surface area (Å²) in [6.45, 7) is 0. The summed E-state index contributed by atoms with van der Waals surface area (Å²) in [6, 6.07) is 3.75. The van der Waals surface area contributed by atoms with Gasteiger partial charge in [-0.1, -0.05) is 0 Å². The monoisotopic (exact) mass is 325 g/mol. The summed E-state index contributed by atoms with van der Waals surface area (Å²) in [7, 11) is 0. The van der Waals surface area contributed by atoms with Gasteiger partial charge in [0.1, 0.15) is 15.3 Å². The molecule has 114 valence electrons. The predicted octanol–water partition coefficient (Wildman–Crippen LogP) is 2.57. The number of hydrogen-bond acceptors (Lipinski definition) is 5. The fourth-order valence-electron chi connectivity index (χ4n) is 3.40. The van der Waals surface area contributed by atoms with Crippen molar-refractivity contribution < 1.29 is 4.42 Å². The minimum atomic E-state index is -0.506. The Morgan fingerprint density at radius 3 is 2.96 bits per heavy atom. The van der Waals surface area contributed by atoms with E-state index in [0.29, 0.717) is 10.2 Å². The van der Waals surface area contributed by atoms with E-state index in [2.05, 4.69) is 9.97 Å². The lowest BCUT2D eigenvalue weighted by atomic mass is 10.0. The van der Waals surface area contributed by atoms with Crippen molar-refractivity contribution in [3.05, 3.63) is 50.5 Å². The Balaban J connectivity index is 2.07. The summed E-state index contributed by atoms with van der Waals surface area (Å²) < 4.78 is 6.12. The molecule has 0 saturated heterocycles. The number of aromatic nitrogens is 3. The van der Waals surface area contributed by atoms with E-state index in [1.807, 2.05) is 12.1 Å². The molecule has 0 fully saturated rings. The lowest BCUT2D eigenvalue weighted by Gasteiger charge is -2.08. The number of H-pyrrole nitrogens is 2. The van der Waals surface area contributed by atoms with Gasteiger partial charge in [0.05, 0.1) is 11.8 Å². The standard InChI is InChI=1S/C16H11N3O3S/c20-14-13-12(18-16(21)19-14)11-10(9-5-2-6-22-9)7-3-1-4-8(7)17-15(11)23-13/h2,5-6H,1,3-4H2,(H2,18,19,20,21). The maximum absolute atomic E-state index is 12.1. The number of rotatable bonds is 1. The number of pyridine rings is 1. The minimum Gasteiger partial charge on any atom is -0.464 e. The van der Waals surface area contributed by atoms with Gasteiger partial charge in [0, 0.05) is 16.6 Å². The summed E-state index contributed by atoms with van der Waals surface area (Å²) in [5.74, 6) is 0.747. The molecule has 0 unspecified atom stereocenters. The van der Waals surface area contributed by atoms with E-state index in [1.165, 1.54) is 11.3 Å². The molecule has 0 radical (unpaired) electrons. The summed E-state index contributed by atoms with van der Waals surface area (Å²) in [4.78, 5) is 34.4. The molecule has 0 aliphatic heterocycles. The Morgan fingerprint density at radius 1 is 1.22 bits per heavy atom. The molecule has 7 heteroatoms. The zero-order valence-electron chi connectivity index (χ0n) is 11.9. The first-order valence-corrected chi connectivity index (χ1v) is 8.18. The minimum absolute atomic E-state index is 0.377. The van der Waals surface area contributed by atoms with E-state index in [4.69, 9.17) is 9.40 Å². The molecule has 0 saturated carbocycles. The Kier molecular flexibility index (Phi) is 2.47. The van der Waals surface area contributed by atoms with Gasteiger partial charge in [0.2, 0.25) is 0 Å².